The van der Waals surface area contributed by atoms with Crippen LogP contribution in [0.4, 0.5) is 5.69 Å². The number of aryl methyl sites for hydroxylation is 1. The predicted octanol–water partition coefficient (Wildman–Crippen LogP) is 5.15. The van der Waals surface area contributed by atoms with Crippen LogP contribution in [0.1, 0.15) is 51.4 Å². The number of fused-ring (bicyclic) bond motifs is 1. The number of aromatic nitrogens is 2. The molecule has 1 aliphatic rings. The van der Waals surface area contributed by atoms with Gasteiger partial charge in [0.2, 0.25) is 0 Å². The summed E-state index contributed by atoms with van der Waals surface area (Å²) >= 11 is 1.30. The lowest BCUT2D eigenvalue weighted by atomic mass is 10.1. The summed E-state index contributed by atoms with van der Waals surface area (Å²) in [5.74, 6) is 0.519. The average Bonchev–Trinajstić information content (AvgIpc) is 3.21. The van der Waals surface area contributed by atoms with E-state index in [0.717, 1.165) is 24.2 Å². The number of hydrogen-bond acceptors (Lipinski definition) is 5. The van der Waals surface area contributed by atoms with Gasteiger partial charge in [-0.2, -0.15) is 0 Å². The molecule has 35 heavy (non-hydrogen) atoms. The van der Waals surface area contributed by atoms with E-state index < -0.39 is 0 Å². The second-order valence-corrected chi connectivity index (χ2v) is 10.3. The van der Waals surface area contributed by atoms with E-state index in [9.17, 15) is 9.59 Å². The van der Waals surface area contributed by atoms with Crippen molar-refractivity contribution in [3.63, 3.8) is 0 Å². The molecular weight excluding hydrogens is 456 g/mol. The number of nitrogens with one attached hydrogen (secondary N) is 1. The first-order valence-electron chi connectivity index (χ1n) is 12.1. The Bertz CT molecular complexity index is 1390. The van der Waals surface area contributed by atoms with E-state index in [1.54, 1.807) is 4.90 Å². The number of aromatic amines is 1. The molecule has 4 aromatic rings. The zero-order chi connectivity index (χ0) is 24.4. The standard InChI is InChI=1S/C28H30N4O2S/c1-19-24-26(33)29-23(17-20-9-5-3-6-10-20)30-27(24)35-25(19)28(34)31(2)18-21-11-13-22(14-12-21)32-15-7-4-8-16-32/h3,5-6,9-14H,4,7-8,15-18H2,1-2H3,(H,29,30,33). The third-order valence-corrected chi connectivity index (χ3v) is 7.86. The molecule has 6 nitrogen and oxygen atoms in total. The summed E-state index contributed by atoms with van der Waals surface area (Å²) in [5, 5.41) is 0.509. The number of thiophene rings is 1. The summed E-state index contributed by atoms with van der Waals surface area (Å²) in [5.41, 5.74) is 3.92. The Kier molecular flexibility index (Phi) is 6.68. The highest BCUT2D eigenvalue weighted by atomic mass is 32.1. The van der Waals surface area contributed by atoms with Crippen molar-refractivity contribution in [1.82, 2.24) is 14.9 Å². The fraction of sp³-hybridized carbons (Fsp3) is 0.321. The van der Waals surface area contributed by atoms with E-state index in [4.69, 9.17) is 0 Å². The molecule has 0 bridgehead atoms. The van der Waals surface area contributed by atoms with Crippen LogP contribution in [0.25, 0.3) is 10.2 Å². The SMILES string of the molecule is Cc1c(C(=O)N(C)Cc2ccc(N3CCCCC3)cc2)sc2nc(Cc3ccccc3)[nH]c(=O)c12. The van der Waals surface area contributed by atoms with Crippen molar-refractivity contribution in [1.29, 1.82) is 0 Å². The monoisotopic (exact) mass is 486 g/mol. The molecule has 2 aromatic heterocycles. The molecule has 0 radical (unpaired) electrons. The average molecular weight is 487 g/mol. The zero-order valence-electron chi connectivity index (χ0n) is 20.2. The molecule has 1 aliphatic heterocycles. The maximum absolute atomic E-state index is 13.3. The Balaban J connectivity index is 1.33. The van der Waals surface area contributed by atoms with E-state index in [1.165, 1.54) is 36.3 Å². The first-order chi connectivity index (χ1) is 17.0. The van der Waals surface area contributed by atoms with Crippen LogP contribution in [0.15, 0.2) is 59.4 Å². The van der Waals surface area contributed by atoms with Crippen LogP contribution in [-0.4, -0.2) is 40.9 Å². The Morgan fingerprint density at radius 2 is 1.74 bits per heavy atom. The van der Waals surface area contributed by atoms with Gasteiger partial charge in [-0.1, -0.05) is 42.5 Å². The number of hydrogen-bond donors (Lipinski definition) is 1. The molecule has 3 heterocycles. The molecule has 1 saturated heterocycles. The summed E-state index contributed by atoms with van der Waals surface area (Å²) in [7, 11) is 1.81. The van der Waals surface area contributed by atoms with Crippen LogP contribution in [0.2, 0.25) is 0 Å². The number of piperidine rings is 1. The van der Waals surface area contributed by atoms with Crippen molar-refractivity contribution < 1.29 is 4.79 Å². The number of rotatable bonds is 6. The molecule has 1 fully saturated rings. The summed E-state index contributed by atoms with van der Waals surface area (Å²) < 4.78 is 0. The molecule has 1 N–H and O–H groups in total. The molecule has 1 amide bonds. The van der Waals surface area contributed by atoms with E-state index in [1.807, 2.05) is 44.3 Å². The lowest BCUT2D eigenvalue weighted by molar-refractivity contribution is 0.0789. The van der Waals surface area contributed by atoms with Gasteiger partial charge in [-0.15, -0.1) is 11.3 Å². The van der Waals surface area contributed by atoms with Gasteiger partial charge in [-0.25, -0.2) is 4.98 Å². The van der Waals surface area contributed by atoms with Crippen LogP contribution in [0.5, 0.6) is 0 Å². The zero-order valence-corrected chi connectivity index (χ0v) is 21.0. The molecule has 0 atom stereocenters. The van der Waals surface area contributed by atoms with Crippen LogP contribution in [0.3, 0.4) is 0 Å². The number of nitrogens with zero attached hydrogens (tertiary/aromatic N) is 3. The number of amides is 1. The number of carbonyl (C=O) groups is 1. The number of anilines is 1. The van der Waals surface area contributed by atoms with Crippen molar-refractivity contribution in [3.05, 3.63) is 92.3 Å². The number of benzene rings is 2. The second-order valence-electron chi connectivity index (χ2n) is 9.29. The second kappa shape index (κ2) is 10.0. The van der Waals surface area contributed by atoms with Crippen molar-refractivity contribution in [2.24, 2.45) is 0 Å². The van der Waals surface area contributed by atoms with Gasteiger partial charge in [0, 0.05) is 38.8 Å². The van der Waals surface area contributed by atoms with E-state index in [-0.39, 0.29) is 11.5 Å². The third kappa shape index (κ3) is 5.00. The third-order valence-electron chi connectivity index (χ3n) is 6.68. The van der Waals surface area contributed by atoms with Crippen LogP contribution < -0.4 is 10.5 Å². The van der Waals surface area contributed by atoms with E-state index in [2.05, 4.69) is 39.1 Å². The van der Waals surface area contributed by atoms with Gasteiger partial charge < -0.3 is 14.8 Å². The molecule has 2 aromatic carbocycles. The van der Waals surface area contributed by atoms with Gasteiger partial charge in [0.15, 0.2) is 0 Å². The highest BCUT2D eigenvalue weighted by Crippen LogP contribution is 2.29. The van der Waals surface area contributed by atoms with Gasteiger partial charge in [-0.3, -0.25) is 9.59 Å². The molecule has 0 spiro atoms. The summed E-state index contributed by atoms with van der Waals surface area (Å²) in [4.78, 5) is 39.1. The Hall–Kier alpha value is -3.45. The maximum atomic E-state index is 13.3. The molecule has 7 heteroatoms. The predicted molar refractivity (Wildman–Crippen MR) is 143 cm³/mol. The van der Waals surface area contributed by atoms with E-state index >= 15 is 0 Å². The lowest BCUT2D eigenvalue weighted by Gasteiger charge is -2.29. The highest BCUT2D eigenvalue weighted by Gasteiger charge is 2.22. The fourth-order valence-electron chi connectivity index (χ4n) is 4.75. The van der Waals surface area contributed by atoms with Crippen molar-refractivity contribution in [2.45, 2.75) is 39.2 Å². The van der Waals surface area contributed by atoms with Gasteiger partial charge >= 0.3 is 0 Å². The summed E-state index contributed by atoms with van der Waals surface area (Å²) in [6, 6.07) is 18.4. The first-order valence-corrected chi connectivity index (χ1v) is 13.0. The van der Waals surface area contributed by atoms with Crippen molar-refractivity contribution >= 4 is 33.1 Å². The minimum atomic E-state index is -0.190. The maximum Gasteiger partial charge on any atom is 0.264 e. The van der Waals surface area contributed by atoms with Crippen LogP contribution in [0, 0.1) is 6.92 Å². The van der Waals surface area contributed by atoms with Crippen LogP contribution >= 0.6 is 11.3 Å². The van der Waals surface area contributed by atoms with Gasteiger partial charge in [-0.05, 0) is 55.0 Å². The Morgan fingerprint density at radius 3 is 2.46 bits per heavy atom. The Labute approximate surface area is 209 Å². The molecule has 0 unspecified atom stereocenters. The van der Waals surface area contributed by atoms with Gasteiger partial charge in [0.1, 0.15) is 10.7 Å². The minimum Gasteiger partial charge on any atom is -0.372 e. The highest BCUT2D eigenvalue weighted by molar-refractivity contribution is 7.20. The van der Waals surface area contributed by atoms with Crippen molar-refractivity contribution in [2.75, 3.05) is 25.0 Å². The normalized spacial score (nSPS) is 13.8. The number of carbonyl (C=O) groups excluding carboxylic acids is 1. The van der Waals surface area contributed by atoms with Gasteiger partial charge in [0.05, 0.1) is 10.3 Å². The fourth-order valence-corrected chi connectivity index (χ4v) is 5.94. The molecule has 0 aliphatic carbocycles. The quantitative estimate of drug-likeness (QED) is 0.409. The van der Waals surface area contributed by atoms with E-state index in [0.29, 0.717) is 39.4 Å². The smallest absolute Gasteiger partial charge is 0.264 e. The molecule has 180 valence electrons. The lowest BCUT2D eigenvalue weighted by Crippen LogP contribution is -2.29. The molecular formula is C28H30N4O2S. The molecule has 0 saturated carbocycles. The summed E-state index contributed by atoms with van der Waals surface area (Å²) in [6.07, 6.45) is 4.35. The first kappa shape index (κ1) is 23.3. The van der Waals surface area contributed by atoms with Crippen LogP contribution in [-0.2, 0) is 13.0 Å². The van der Waals surface area contributed by atoms with Gasteiger partial charge in [0.25, 0.3) is 11.5 Å². The topological polar surface area (TPSA) is 69.3 Å². The summed E-state index contributed by atoms with van der Waals surface area (Å²) in [6.45, 7) is 4.57. The Morgan fingerprint density at radius 1 is 1.03 bits per heavy atom. The van der Waals surface area contributed by atoms with Crippen molar-refractivity contribution in [3.8, 4) is 0 Å². The largest absolute Gasteiger partial charge is 0.372 e. The minimum absolute atomic E-state index is 0.0883. The molecule has 5 rings (SSSR count). The number of H-pyrrole nitrogens is 1.